The van der Waals surface area contributed by atoms with E-state index in [0.29, 0.717) is 11.5 Å². The number of rotatable bonds is 3. The summed E-state index contributed by atoms with van der Waals surface area (Å²) in [6.07, 6.45) is 3.63. The van der Waals surface area contributed by atoms with Gasteiger partial charge in [-0.25, -0.2) is 0 Å². The molecule has 2 N–H and O–H groups in total. The van der Waals surface area contributed by atoms with E-state index in [1.165, 1.54) is 0 Å². The highest BCUT2D eigenvalue weighted by molar-refractivity contribution is 5.94. The molecule has 5 nitrogen and oxygen atoms in total. The first kappa shape index (κ1) is 11.1. The Bertz CT molecular complexity index is 356. The van der Waals surface area contributed by atoms with Gasteiger partial charge >= 0.3 is 0 Å². The van der Waals surface area contributed by atoms with Gasteiger partial charge in [-0.05, 0) is 25.7 Å². The lowest BCUT2D eigenvalue weighted by atomic mass is 10.0. The molecule has 5 heteroatoms. The largest absolute Gasteiger partial charge is 0.381 e. The van der Waals surface area contributed by atoms with E-state index in [-0.39, 0.29) is 5.91 Å². The molecule has 1 saturated heterocycles. The predicted octanol–water partition coefficient (Wildman–Crippen LogP) is 0.875. The van der Waals surface area contributed by atoms with Gasteiger partial charge in [0.15, 0.2) is 0 Å². The van der Waals surface area contributed by atoms with Crippen molar-refractivity contribution in [2.45, 2.75) is 19.8 Å². The van der Waals surface area contributed by atoms with Crippen LogP contribution < -0.4 is 5.32 Å². The number of H-pyrrole nitrogens is 1. The number of carbonyl (C=O) groups is 1. The van der Waals surface area contributed by atoms with E-state index in [1.54, 1.807) is 6.20 Å². The summed E-state index contributed by atoms with van der Waals surface area (Å²) in [5, 5.41) is 9.53. The van der Waals surface area contributed by atoms with Crippen LogP contribution in [0.2, 0.25) is 0 Å². The van der Waals surface area contributed by atoms with Crippen molar-refractivity contribution in [2.75, 3.05) is 19.8 Å². The second-order valence-corrected chi connectivity index (χ2v) is 4.17. The van der Waals surface area contributed by atoms with Crippen molar-refractivity contribution in [2.24, 2.45) is 5.92 Å². The lowest BCUT2D eigenvalue weighted by Crippen LogP contribution is -2.32. The van der Waals surface area contributed by atoms with Crippen molar-refractivity contribution >= 4 is 5.91 Å². The Balaban J connectivity index is 1.81. The third-order valence-electron chi connectivity index (χ3n) is 2.97. The summed E-state index contributed by atoms with van der Waals surface area (Å²) in [6, 6.07) is 0. The summed E-state index contributed by atoms with van der Waals surface area (Å²) in [6.45, 7) is 4.19. The topological polar surface area (TPSA) is 67.0 Å². The average molecular weight is 223 g/mol. The van der Waals surface area contributed by atoms with Gasteiger partial charge in [0, 0.05) is 25.5 Å². The summed E-state index contributed by atoms with van der Waals surface area (Å²) in [5.41, 5.74) is 1.44. The van der Waals surface area contributed by atoms with E-state index in [4.69, 9.17) is 4.74 Å². The minimum Gasteiger partial charge on any atom is -0.381 e. The SMILES string of the molecule is Cc1[nH]ncc1C(=O)NCC1CCOCC1. The van der Waals surface area contributed by atoms with Crippen LogP contribution in [0.3, 0.4) is 0 Å². The molecule has 0 aromatic carbocycles. The number of hydrogen-bond acceptors (Lipinski definition) is 3. The van der Waals surface area contributed by atoms with Gasteiger partial charge in [-0.15, -0.1) is 0 Å². The lowest BCUT2D eigenvalue weighted by Gasteiger charge is -2.22. The number of aromatic amines is 1. The Hall–Kier alpha value is -1.36. The first-order valence-corrected chi connectivity index (χ1v) is 5.63. The van der Waals surface area contributed by atoms with Gasteiger partial charge in [0.1, 0.15) is 0 Å². The number of aromatic nitrogens is 2. The number of carbonyl (C=O) groups excluding carboxylic acids is 1. The molecule has 2 rings (SSSR count). The molecule has 0 spiro atoms. The summed E-state index contributed by atoms with van der Waals surface area (Å²) < 4.78 is 5.27. The normalized spacial score (nSPS) is 17.3. The number of ether oxygens (including phenoxy) is 1. The van der Waals surface area contributed by atoms with Crippen molar-refractivity contribution in [1.29, 1.82) is 0 Å². The van der Waals surface area contributed by atoms with Crippen LogP contribution in [0.15, 0.2) is 6.20 Å². The van der Waals surface area contributed by atoms with Crippen LogP contribution >= 0.6 is 0 Å². The molecule has 1 aromatic heterocycles. The van der Waals surface area contributed by atoms with Crippen LogP contribution in [-0.4, -0.2) is 35.9 Å². The summed E-state index contributed by atoms with van der Waals surface area (Å²) in [4.78, 5) is 11.8. The number of aryl methyl sites for hydroxylation is 1. The Morgan fingerprint density at radius 2 is 2.38 bits per heavy atom. The van der Waals surface area contributed by atoms with Crippen molar-refractivity contribution in [3.8, 4) is 0 Å². The molecule has 1 aliphatic heterocycles. The van der Waals surface area contributed by atoms with Gasteiger partial charge in [-0.3, -0.25) is 9.89 Å². The highest BCUT2D eigenvalue weighted by Crippen LogP contribution is 2.13. The molecule has 1 aromatic rings. The van der Waals surface area contributed by atoms with Gasteiger partial charge in [-0.1, -0.05) is 0 Å². The smallest absolute Gasteiger partial charge is 0.254 e. The maximum Gasteiger partial charge on any atom is 0.254 e. The zero-order chi connectivity index (χ0) is 11.4. The first-order chi connectivity index (χ1) is 7.77. The summed E-state index contributed by atoms with van der Waals surface area (Å²) >= 11 is 0. The Morgan fingerprint density at radius 3 is 3.00 bits per heavy atom. The van der Waals surface area contributed by atoms with E-state index in [1.807, 2.05) is 6.92 Å². The van der Waals surface area contributed by atoms with Gasteiger partial charge in [-0.2, -0.15) is 5.10 Å². The molecule has 0 bridgehead atoms. The van der Waals surface area contributed by atoms with Crippen LogP contribution in [-0.2, 0) is 4.74 Å². The lowest BCUT2D eigenvalue weighted by molar-refractivity contribution is 0.0642. The molecule has 1 fully saturated rings. The standard InChI is InChI=1S/C11H17N3O2/c1-8-10(7-13-14-8)11(15)12-6-9-2-4-16-5-3-9/h7,9H,2-6H2,1H3,(H,12,15)(H,13,14). The summed E-state index contributed by atoms with van der Waals surface area (Å²) in [7, 11) is 0. The fourth-order valence-electron chi connectivity index (χ4n) is 1.86. The quantitative estimate of drug-likeness (QED) is 0.799. The van der Waals surface area contributed by atoms with Crippen LogP contribution in [0, 0.1) is 12.8 Å². The third-order valence-corrected chi connectivity index (χ3v) is 2.97. The molecule has 0 aliphatic carbocycles. The molecule has 1 amide bonds. The van der Waals surface area contributed by atoms with Crippen LogP contribution in [0.1, 0.15) is 28.9 Å². The zero-order valence-electron chi connectivity index (χ0n) is 9.45. The maximum atomic E-state index is 11.8. The van der Waals surface area contributed by atoms with E-state index in [2.05, 4.69) is 15.5 Å². The van der Waals surface area contributed by atoms with Crippen molar-refractivity contribution in [3.63, 3.8) is 0 Å². The fraction of sp³-hybridized carbons (Fsp3) is 0.636. The van der Waals surface area contributed by atoms with Gasteiger partial charge < -0.3 is 10.1 Å². The zero-order valence-corrected chi connectivity index (χ0v) is 9.45. The minimum absolute atomic E-state index is 0.0438. The average Bonchev–Trinajstić information content (AvgIpc) is 2.74. The number of nitrogens with one attached hydrogen (secondary N) is 2. The predicted molar refractivity (Wildman–Crippen MR) is 59.2 cm³/mol. The number of amides is 1. The second kappa shape index (κ2) is 5.12. The van der Waals surface area contributed by atoms with Crippen LogP contribution in [0.25, 0.3) is 0 Å². The molecule has 1 aliphatic rings. The number of nitrogens with zero attached hydrogens (tertiary/aromatic N) is 1. The molecule has 88 valence electrons. The van der Waals surface area contributed by atoms with Gasteiger partial charge in [0.25, 0.3) is 5.91 Å². The Morgan fingerprint density at radius 1 is 1.62 bits per heavy atom. The molecule has 16 heavy (non-hydrogen) atoms. The molecule has 0 atom stereocenters. The van der Waals surface area contributed by atoms with E-state index in [9.17, 15) is 4.79 Å². The van der Waals surface area contributed by atoms with Gasteiger partial charge in [0.05, 0.1) is 11.8 Å². The van der Waals surface area contributed by atoms with Crippen LogP contribution in [0.4, 0.5) is 0 Å². The van der Waals surface area contributed by atoms with E-state index >= 15 is 0 Å². The molecule has 0 radical (unpaired) electrons. The second-order valence-electron chi connectivity index (χ2n) is 4.17. The molecule has 0 saturated carbocycles. The highest BCUT2D eigenvalue weighted by atomic mass is 16.5. The monoisotopic (exact) mass is 223 g/mol. The van der Waals surface area contributed by atoms with Crippen molar-refractivity contribution in [1.82, 2.24) is 15.5 Å². The first-order valence-electron chi connectivity index (χ1n) is 5.63. The van der Waals surface area contributed by atoms with E-state index < -0.39 is 0 Å². The fourth-order valence-corrected chi connectivity index (χ4v) is 1.86. The van der Waals surface area contributed by atoms with Gasteiger partial charge in [0.2, 0.25) is 0 Å². The van der Waals surface area contributed by atoms with Crippen molar-refractivity contribution in [3.05, 3.63) is 17.5 Å². The Kier molecular flexibility index (Phi) is 3.56. The molecule has 2 heterocycles. The summed E-state index contributed by atoms with van der Waals surface area (Å²) in [5.74, 6) is 0.502. The molecular formula is C11H17N3O2. The molecule has 0 unspecified atom stereocenters. The molecular weight excluding hydrogens is 206 g/mol. The Labute approximate surface area is 94.6 Å². The third kappa shape index (κ3) is 2.61. The highest BCUT2D eigenvalue weighted by Gasteiger charge is 2.16. The van der Waals surface area contributed by atoms with E-state index in [0.717, 1.165) is 38.3 Å². The minimum atomic E-state index is -0.0438. The number of hydrogen-bond donors (Lipinski definition) is 2. The van der Waals surface area contributed by atoms with Crippen molar-refractivity contribution < 1.29 is 9.53 Å². The van der Waals surface area contributed by atoms with Crippen LogP contribution in [0.5, 0.6) is 0 Å². The maximum absolute atomic E-state index is 11.8.